The third-order valence-electron chi connectivity index (χ3n) is 9.93. The molecule has 0 radical (unpaired) electrons. The molecular weight excluding hydrogens is 585 g/mol. The van der Waals surface area contributed by atoms with Crippen molar-refractivity contribution in [2.75, 3.05) is 4.90 Å². The molecule has 5 aromatic carbocycles. The van der Waals surface area contributed by atoms with Crippen molar-refractivity contribution in [2.45, 2.75) is 12.0 Å². The van der Waals surface area contributed by atoms with Crippen LogP contribution in [0.3, 0.4) is 0 Å². The predicted octanol–water partition coefficient (Wildman–Crippen LogP) is 10.8. The molecule has 4 heterocycles. The molecule has 0 saturated carbocycles. The number of aromatic nitrogens is 3. The van der Waals surface area contributed by atoms with E-state index in [0.29, 0.717) is 0 Å². The van der Waals surface area contributed by atoms with E-state index in [2.05, 4.69) is 167 Å². The maximum atomic E-state index is 5.08. The van der Waals surface area contributed by atoms with Crippen molar-refractivity contribution < 1.29 is 0 Å². The van der Waals surface area contributed by atoms with E-state index in [1.54, 1.807) is 0 Å². The highest BCUT2D eigenvalue weighted by molar-refractivity contribution is 6.04. The van der Waals surface area contributed by atoms with E-state index in [-0.39, 0.29) is 12.0 Å². The van der Waals surface area contributed by atoms with Crippen LogP contribution < -0.4 is 4.90 Å². The first-order valence-electron chi connectivity index (χ1n) is 16.5. The smallest absolute Gasteiger partial charge is 0.137 e. The molecule has 48 heavy (non-hydrogen) atoms. The van der Waals surface area contributed by atoms with E-state index in [9.17, 15) is 0 Å². The summed E-state index contributed by atoms with van der Waals surface area (Å²) in [6.07, 6.45) is 11.1. The summed E-state index contributed by atoms with van der Waals surface area (Å²) in [6, 6.07) is 49.8. The summed E-state index contributed by atoms with van der Waals surface area (Å²) in [5.74, 6) is 0.990. The highest BCUT2D eigenvalue weighted by atomic mass is 15.2. The van der Waals surface area contributed by atoms with Crippen molar-refractivity contribution in [1.29, 1.82) is 0 Å². The number of hydrogen-bond donors (Lipinski definition) is 0. The number of para-hydroxylation sites is 3. The van der Waals surface area contributed by atoms with Gasteiger partial charge in [-0.15, -0.1) is 0 Å². The zero-order chi connectivity index (χ0) is 31.6. The van der Waals surface area contributed by atoms with Crippen molar-refractivity contribution >= 4 is 44.0 Å². The Bertz CT molecular complexity index is 2610. The number of hydrogen-bond acceptors (Lipinski definition) is 3. The molecule has 2 aliphatic rings. The van der Waals surface area contributed by atoms with Crippen molar-refractivity contribution in [3.8, 4) is 28.2 Å². The summed E-state index contributed by atoms with van der Waals surface area (Å²) in [4.78, 5) is 12.6. The zero-order valence-electron chi connectivity index (χ0n) is 26.1. The fourth-order valence-corrected chi connectivity index (χ4v) is 7.80. The van der Waals surface area contributed by atoms with Crippen LogP contribution in [0.4, 0.5) is 11.4 Å². The number of anilines is 2. The minimum absolute atomic E-state index is 0.0285. The number of allylic oxidation sites excluding steroid dienone is 2. The Morgan fingerprint density at radius 2 is 1.40 bits per heavy atom. The second-order valence-corrected chi connectivity index (χ2v) is 12.6. The number of rotatable bonds is 3. The molecule has 1 aliphatic carbocycles. The van der Waals surface area contributed by atoms with Gasteiger partial charge in [0, 0.05) is 62.0 Å². The number of nitrogens with zero attached hydrogens (tertiary/aromatic N) is 4. The van der Waals surface area contributed by atoms with Gasteiger partial charge in [0.05, 0.1) is 22.8 Å². The first-order chi connectivity index (χ1) is 23.8. The normalized spacial score (nSPS) is 16.5. The minimum Gasteiger partial charge on any atom is -0.333 e. The van der Waals surface area contributed by atoms with Crippen LogP contribution in [0.1, 0.15) is 11.6 Å². The Kier molecular flexibility index (Phi) is 5.97. The molecule has 4 nitrogen and oxygen atoms in total. The van der Waals surface area contributed by atoms with Gasteiger partial charge in [-0.3, -0.25) is 4.57 Å². The van der Waals surface area contributed by atoms with Crippen molar-refractivity contribution in [2.24, 2.45) is 0 Å². The molecule has 2 atom stereocenters. The van der Waals surface area contributed by atoms with E-state index in [1.807, 2.05) is 12.3 Å². The summed E-state index contributed by atoms with van der Waals surface area (Å²) in [5.41, 5.74) is 10.3. The Morgan fingerprint density at radius 3 is 2.35 bits per heavy atom. The predicted molar refractivity (Wildman–Crippen MR) is 198 cm³/mol. The van der Waals surface area contributed by atoms with E-state index < -0.39 is 0 Å². The molecule has 0 saturated heterocycles. The molecule has 4 heteroatoms. The van der Waals surface area contributed by atoms with Gasteiger partial charge in [-0.05, 0) is 47.9 Å². The second-order valence-electron chi connectivity index (χ2n) is 12.6. The summed E-state index contributed by atoms with van der Waals surface area (Å²) in [6.45, 7) is 0. The molecule has 0 spiro atoms. The molecule has 0 amide bonds. The Hall–Kier alpha value is -6.26. The first kappa shape index (κ1) is 26.9. The molecule has 0 bridgehead atoms. The summed E-state index contributed by atoms with van der Waals surface area (Å²) < 4.78 is 2.41. The van der Waals surface area contributed by atoms with Gasteiger partial charge < -0.3 is 4.90 Å². The van der Waals surface area contributed by atoms with Crippen LogP contribution in [-0.4, -0.2) is 20.6 Å². The van der Waals surface area contributed by atoms with Crippen LogP contribution >= 0.6 is 0 Å². The van der Waals surface area contributed by atoms with Crippen LogP contribution in [0.25, 0.3) is 60.8 Å². The number of pyridine rings is 2. The van der Waals surface area contributed by atoms with Gasteiger partial charge in [-0.1, -0.05) is 121 Å². The average Bonchev–Trinajstić information content (AvgIpc) is 3.43. The third-order valence-corrected chi connectivity index (χ3v) is 9.93. The summed E-state index contributed by atoms with van der Waals surface area (Å²) >= 11 is 0. The van der Waals surface area contributed by atoms with Crippen molar-refractivity contribution in [3.63, 3.8) is 0 Å². The Balaban J connectivity index is 1.22. The molecule has 10 rings (SSSR count). The summed E-state index contributed by atoms with van der Waals surface area (Å²) in [5, 5.41) is 4.69. The van der Waals surface area contributed by atoms with Gasteiger partial charge >= 0.3 is 0 Å². The number of fused-ring (bicyclic) bond motifs is 9. The maximum Gasteiger partial charge on any atom is 0.137 e. The fraction of sp³-hybridized carbons (Fsp3) is 0.0455. The highest BCUT2D eigenvalue weighted by Gasteiger charge is 2.38. The lowest BCUT2D eigenvalue weighted by Gasteiger charge is -2.36. The fourth-order valence-electron chi connectivity index (χ4n) is 7.80. The topological polar surface area (TPSA) is 34.0 Å². The molecule has 3 aromatic heterocycles. The van der Waals surface area contributed by atoms with Gasteiger partial charge in [0.2, 0.25) is 0 Å². The first-order valence-corrected chi connectivity index (χ1v) is 16.5. The Morgan fingerprint density at radius 1 is 0.604 bits per heavy atom. The van der Waals surface area contributed by atoms with Crippen molar-refractivity contribution in [1.82, 2.24) is 14.5 Å². The lowest BCUT2D eigenvalue weighted by Crippen LogP contribution is -2.35. The van der Waals surface area contributed by atoms with E-state index in [1.165, 1.54) is 38.8 Å². The van der Waals surface area contributed by atoms with Crippen LogP contribution in [-0.2, 0) is 0 Å². The van der Waals surface area contributed by atoms with Gasteiger partial charge in [-0.2, -0.15) is 0 Å². The monoisotopic (exact) mass is 614 g/mol. The SMILES string of the molecule is C1=CC2c3c(c4ccccc4n3-c3cc4ccccc4cn3)-c3ccccc3N(c3cccc(-c4ccc5ccccc5n4)c3)C2C=C1. The standard InChI is InChI=1S/C44H30N4/c1-2-14-32-28-45-42(27-30(32)13-1)48-40-22-9-5-18-35(40)43-34-17-4-8-21-39(34)47(41-23-10-6-19-36(41)44(43)48)33-16-11-15-31(26-33)38-25-24-29-12-3-7-20-37(29)46-38/h1-28,36,41H. The van der Waals surface area contributed by atoms with E-state index in [0.717, 1.165) is 39.1 Å². The minimum atomic E-state index is 0.0285. The summed E-state index contributed by atoms with van der Waals surface area (Å²) in [7, 11) is 0. The van der Waals surface area contributed by atoms with Gasteiger partial charge in [0.1, 0.15) is 5.82 Å². The molecule has 0 fully saturated rings. The molecule has 0 N–H and O–H groups in total. The largest absolute Gasteiger partial charge is 0.333 e. The van der Waals surface area contributed by atoms with Crippen LogP contribution in [0.5, 0.6) is 0 Å². The van der Waals surface area contributed by atoms with Gasteiger partial charge in [0.25, 0.3) is 0 Å². The molecule has 1 aliphatic heterocycles. The highest BCUT2D eigenvalue weighted by Crippen LogP contribution is 2.52. The molecule has 8 aromatic rings. The molecular formula is C44H30N4. The van der Waals surface area contributed by atoms with E-state index >= 15 is 0 Å². The molecule has 2 unspecified atom stereocenters. The third kappa shape index (κ3) is 4.09. The van der Waals surface area contributed by atoms with Crippen LogP contribution in [0.2, 0.25) is 0 Å². The number of benzene rings is 5. The van der Waals surface area contributed by atoms with Gasteiger partial charge in [-0.25, -0.2) is 9.97 Å². The molecule has 226 valence electrons. The second kappa shape index (κ2) is 10.6. The van der Waals surface area contributed by atoms with Crippen LogP contribution in [0, 0.1) is 0 Å². The van der Waals surface area contributed by atoms with Gasteiger partial charge in [0.15, 0.2) is 0 Å². The van der Waals surface area contributed by atoms with Crippen LogP contribution in [0.15, 0.2) is 170 Å². The lowest BCUT2D eigenvalue weighted by molar-refractivity contribution is 0.669. The quantitative estimate of drug-likeness (QED) is 0.199. The zero-order valence-corrected chi connectivity index (χ0v) is 26.1. The maximum absolute atomic E-state index is 5.08. The van der Waals surface area contributed by atoms with Crippen molar-refractivity contribution in [3.05, 3.63) is 176 Å². The van der Waals surface area contributed by atoms with E-state index in [4.69, 9.17) is 9.97 Å². The lowest BCUT2D eigenvalue weighted by atomic mass is 9.88. The Labute approximate surface area is 278 Å². The average molecular weight is 615 g/mol.